The highest BCUT2D eigenvalue weighted by atomic mass is 32.2. The maximum absolute atomic E-state index is 13.3. The highest BCUT2D eigenvalue weighted by Crippen LogP contribution is 2.25. The van der Waals surface area contributed by atoms with Crippen molar-refractivity contribution in [1.82, 2.24) is 0 Å². The lowest BCUT2D eigenvalue weighted by molar-refractivity contribution is 0.0697. The van der Waals surface area contributed by atoms with Crippen LogP contribution in [-0.4, -0.2) is 19.5 Å². The number of rotatable bonds is 5. The Morgan fingerprint density at radius 1 is 0.963 bits per heavy atom. The SMILES string of the molecule is Cc1cccc(-c2ccc(S(=O)(=O)Nc3ccc(F)cc3C(=O)O)cc2)c1. The van der Waals surface area contributed by atoms with E-state index < -0.39 is 27.4 Å². The molecule has 0 aliphatic carbocycles. The van der Waals surface area contributed by atoms with Gasteiger partial charge in [-0.1, -0.05) is 42.0 Å². The van der Waals surface area contributed by atoms with Crippen molar-refractivity contribution in [2.45, 2.75) is 11.8 Å². The van der Waals surface area contributed by atoms with E-state index in [1.54, 1.807) is 12.1 Å². The average molecular weight is 385 g/mol. The van der Waals surface area contributed by atoms with Gasteiger partial charge in [-0.3, -0.25) is 4.72 Å². The molecule has 0 radical (unpaired) electrons. The van der Waals surface area contributed by atoms with E-state index in [2.05, 4.69) is 4.72 Å². The second-order valence-electron chi connectivity index (χ2n) is 5.99. The lowest BCUT2D eigenvalue weighted by Crippen LogP contribution is -2.15. The molecule has 5 nitrogen and oxygen atoms in total. The van der Waals surface area contributed by atoms with E-state index in [9.17, 15) is 17.6 Å². The Morgan fingerprint density at radius 2 is 1.67 bits per heavy atom. The molecule has 2 N–H and O–H groups in total. The van der Waals surface area contributed by atoms with Crippen LogP contribution in [0.5, 0.6) is 0 Å². The first-order valence-corrected chi connectivity index (χ1v) is 9.47. The van der Waals surface area contributed by atoms with Crippen molar-refractivity contribution in [1.29, 1.82) is 0 Å². The number of hydrogen-bond donors (Lipinski definition) is 2. The number of carbonyl (C=O) groups is 1. The van der Waals surface area contributed by atoms with Crippen LogP contribution >= 0.6 is 0 Å². The summed E-state index contributed by atoms with van der Waals surface area (Å²) in [5.74, 6) is -2.19. The van der Waals surface area contributed by atoms with Gasteiger partial charge in [0.05, 0.1) is 16.1 Å². The summed E-state index contributed by atoms with van der Waals surface area (Å²) >= 11 is 0. The zero-order chi connectivity index (χ0) is 19.6. The minimum atomic E-state index is -4.03. The number of aryl methyl sites for hydroxylation is 1. The number of nitrogens with one attached hydrogen (secondary N) is 1. The van der Waals surface area contributed by atoms with Crippen LogP contribution in [0.1, 0.15) is 15.9 Å². The maximum Gasteiger partial charge on any atom is 0.337 e. The summed E-state index contributed by atoms with van der Waals surface area (Å²) in [6, 6.07) is 16.8. The summed E-state index contributed by atoms with van der Waals surface area (Å²) in [5, 5.41) is 9.14. The van der Waals surface area contributed by atoms with Crippen molar-refractivity contribution >= 4 is 21.7 Å². The molecule has 0 heterocycles. The predicted molar refractivity (Wildman–Crippen MR) is 101 cm³/mol. The van der Waals surface area contributed by atoms with Gasteiger partial charge < -0.3 is 5.11 Å². The maximum atomic E-state index is 13.3. The molecular weight excluding hydrogens is 369 g/mol. The zero-order valence-corrected chi connectivity index (χ0v) is 15.1. The van der Waals surface area contributed by atoms with Crippen molar-refractivity contribution in [3.63, 3.8) is 0 Å². The van der Waals surface area contributed by atoms with Crippen molar-refractivity contribution in [2.75, 3.05) is 4.72 Å². The fourth-order valence-electron chi connectivity index (χ4n) is 2.64. The lowest BCUT2D eigenvalue weighted by atomic mass is 10.0. The van der Waals surface area contributed by atoms with Crippen LogP contribution in [0, 0.1) is 12.7 Å². The van der Waals surface area contributed by atoms with Crippen molar-refractivity contribution in [2.24, 2.45) is 0 Å². The highest BCUT2D eigenvalue weighted by molar-refractivity contribution is 7.92. The number of anilines is 1. The highest BCUT2D eigenvalue weighted by Gasteiger charge is 2.19. The Balaban J connectivity index is 1.91. The van der Waals surface area contributed by atoms with Crippen molar-refractivity contribution in [3.8, 4) is 11.1 Å². The molecule has 3 aromatic rings. The van der Waals surface area contributed by atoms with Crippen LogP contribution in [-0.2, 0) is 10.0 Å². The summed E-state index contributed by atoms with van der Waals surface area (Å²) in [6.45, 7) is 1.97. The molecular formula is C20H16FNO4S. The monoisotopic (exact) mass is 385 g/mol. The van der Waals surface area contributed by atoms with Gasteiger partial charge in [0, 0.05) is 0 Å². The normalized spacial score (nSPS) is 11.2. The summed E-state index contributed by atoms with van der Waals surface area (Å²) in [7, 11) is -4.03. The fraction of sp³-hybridized carbons (Fsp3) is 0.0500. The topological polar surface area (TPSA) is 83.5 Å². The first kappa shape index (κ1) is 18.6. The molecule has 0 bridgehead atoms. The summed E-state index contributed by atoms with van der Waals surface area (Å²) in [4.78, 5) is 11.2. The molecule has 7 heteroatoms. The Kier molecular flexibility index (Phi) is 4.96. The Morgan fingerprint density at radius 3 is 2.30 bits per heavy atom. The Hall–Kier alpha value is -3.19. The van der Waals surface area contributed by atoms with E-state index in [-0.39, 0.29) is 10.6 Å². The van der Waals surface area contributed by atoms with Crippen molar-refractivity contribution in [3.05, 3.63) is 83.7 Å². The number of aromatic carboxylic acids is 1. The predicted octanol–water partition coefficient (Wildman–Crippen LogP) is 4.30. The molecule has 0 aliphatic heterocycles. The molecule has 0 saturated carbocycles. The third kappa shape index (κ3) is 4.15. The largest absolute Gasteiger partial charge is 0.478 e. The van der Waals surface area contributed by atoms with Crippen LogP contribution in [0.15, 0.2) is 71.6 Å². The standard InChI is InChI=1S/C20H16FNO4S/c1-13-3-2-4-15(11-13)14-5-8-17(9-6-14)27(25,26)22-19-10-7-16(21)12-18(19)20(23)24/h2-12,22H,1H3,(H,23,24). The molecule has 138 valence electrons. The molecule has 0 amide bonds. The van der Waals surface area contributed by atoms with Gasteiger partial charge in [-0.25, -0.2) is 17.6 Å². The molecule has 0 aromatic heterocycles. The number of carboxylic acids is 1. The molecule has 0 unspecified atom stereocenters. The summed E-state index contributed by atoms with van der Waals surface area (Å²) in [5.41, 5.74) is 2.23. The molecule has 0 aliphatic rings. The van der Waals surface area contributed by atoms with Gasteiger partial charge in [-0.05, 0) is 48.4 Å². The van der Waals surface area contributed by atoms with Crippen molar-refractivity contribution < 1.29 is 22.7 Å². The third-order valence-electron chi connectivity index (χ3n) is 3.97. The van der Waals surface area contributed by atoms with Crippen LogP contribution in [0.3, 0.4) is 0 Å². The van der Waals surface area contributed by atoms with Crippen LogP contribution in [0.2, 0.25) is 0 Å². The number of benzene rings is 3. The number of carboxylic acid groups (broad SMARTS) is 1. The number of halogens is 1. The summed E-state index contributed by atoms with van der Waals surface area (Å²) in [6.07, 6.45) is 0. The third-order valence-corrected chi connectivity index (χ3v) is 5.35. The molecule has 0 saturated heterocycles. The van der Waals surface area contributed by atoms with Gasteiger partial charge in [0.1, 0.15) is 5.82 Å². The Labute approximate surface area is 156 Å². The zero-order valence-electron chi connectivity index (χ0n) is 14.3. The van der Waals surface area contributed by atoms with E-state index in [4.69, 9.17) is 5.11 Å². The van der Waals surface area contributed by atoms with E-state index >= 15 is 0 Å². The van der Waals surface area contributed by atoms with Gasteiger partial charge in [0.2, 0.25) is 0 Å². The molecule has 0 spiro atoms. The van der Waals surface area contributed by atoms with Gasteiger partial charge >= 0.3 is 5.97 Å². The minimum Gasteiger partial charge on any atom is -0.478 e. The van der Waals surface area contributed by atoms with E-state index in [0.29, 0.717) is 0 Å². The molecule has 3 rings (SSSR count). The second-order valence-corrected chi connectivity index (χ2v) is 7.68. The van der Waals surface area contributed by atoms with Crippen LogP contribution in [0.25, 0.3) is 11.1 Å². The van der Waals surface area contributed by atoms with Gasteiger partial charge in [0.15, 0.2) is 0 Å². The van der Waals surface area contributed by atoms with Crippen LogP contribution < -0.4 is 4.72 Å². The van der Waals surface area contributed by atoms with Gasteiger partial charge in [0.25, 0.3) is 10.0 Å². The average Bonchev–Trinajstić information content (AvgIpc) is 2.63. The van der Waals surface area contributed by atoms with Crippen LogP contribution in [0.4, 0.5) is 10.1 Å². The first-order valence-electron chi connectivity index (χ1n) is 7.99. The second kappa shape index (κ2) is 7.20. The van der Waals surface area contributed by atoms with E-state index in [0.717, 1.165) is 34.9 Å². The fourth-order valence-corrected chi connectivity index (χ4v) is 3.72. The van der Waals surface area contributed by atoms with E-state index in [1.165, 1.54) is 12.1 Å². The number of hydrogen-bond acceptors (Lipinski definition) is 3. The van der Waals surface area contributed by atoms with Gasteiger partial charge in [-0.15, -0.1) is 0 Å². The molecule has 27 heavy (non-hydrogen) atoms. The number of sulfonamides is 1. The quantitative estimate of drug-likeness (QED) is 0.686. The smallest absolute Gasteiger partial charge is 0.337 e. The lowest BCUT2D eigenvalue weighted by Gasteiger charge is -2.11. The molecule has 0 fully saturated rings. The summed E-state index contributed by atoms with van der Waals surface area (Å²) < 4.78 is 40.6. The molecule has 3 aromatic carbocycles. The first-order chi connectivity index (χ1) is 12.8. The Bertz CT molecular complexity index is 1110. The van der Waals surface area contributed by atoms with Gasteiger partial charge in [-0.2, -0.15) is 0 Å². The minimum absolute atomic E-state index is 0.0282. The molecule has 0 atom stereocenters. The van der Waals surface area contributed by atoms with E-state index in [1.807, 2.05) is 31.2 Å².